The van der Waals surface area contributed by atoms with E-state index in [2.05, 4.69) is 49.4 Å². The molecule has 2 heteroatoms. The van der Waals surface area contributed by atoms with E-state index in [1.807, 2.05) is 48.5 Å². The Morgan fingerprint density at radius 1 is 0.760 bits per heavy atom. The minimum atomic E-state index is 0.603. The molecule has 0 aliphatic rings. The van der Waals surface area contributed by atoms with Gasteiger partial charge in [-0.15, -0.1) is 0 Å². The highest BCUT2D eigenvalue weighted by Gasteiger charge is 2.07. The summed E-state index contributed by atoms with van der Waals surface area (Å²) in [6.07, 6.45) is 2.07. The van der Waals surface area contributed by atoms with Crippen LogP contribution in [0.4, 0.5) is 0 Å². The maximum absolute atomic E-state index is 5.58. The maximum Gasteiger partial charge on any atom is 0.221 e. The van der Waals surface area contributed by atoms with Gasteiger partial charge in [0.15, 0.2) is 0 Å². The Hall–Kier alpha value is -3.13. The van der Waals surface area contributed by atoms with E-state index in [1.165, 1.54) is 5.56 Å². The summed E-state index contributed by atoms with van der Waals surface area (Å²) >= 11 is 0. The number of nitrogens with zero attached hydrogens (tertiary/aromatic N) is 1. The van der Waals surface area contributed by atoms with Crippen molar-refractivity contribution in [2.45, 2.75) is 6.92 Å². The third-order valence-corrected chi connectivity index (χ3v) is 3.89. The molecule has 2 nitrogen and oxygen atoms in total. The van der Waals surface area contributed by atoms with Crippen LogP contribution in [0.25, 0.3) is 11.8 Å². The summed E-state index contributed by atoms with van der Waals surface area (Å²) in [6.45, 7) is 2.07. The lowest BCUT2D eigenvalue weighted by Gasteiger charge is -2.09. The average molecular weight is 327 g/mol. The molecule has 0 aliphatic heterocycles. The highest BCUT2D eigenvalue weighted by Crippen LogP contribution is 2.21. The lowest BCUT2D eigenvalue weighted by Crippen LogP contribution is -2.04. The predicted octanol–water partition coefficient (Wildman–Crippen LogP) is 5.59. The Bertz CT molecular complexity index is 863. The Morgan fingerprint density at radius 3 is 1.96 bits per heavy atom. The number of benzene rings is 3. The first-order valence-corrected chi connectivity index (χ1v) is 8.28. The summed E-state index contributed by atoms with van der Waals surface area (Å²) in [5, 5.41) is 0. The molecule has 3 aromatic carbocycles. The monoisotopic (exact) mass is 327 g/mol. The molecule has 0 spiro atoms. The van der Waals surface area contributed by atoms with Crippen molar-refractivity contribution in [3.8, 4) is 0 Å². The zero-order valence-corrected chi connectivity index (χ0v) is 14.5. The Labute approximate surface area is 149 Å². The van der Waals surface area contributed by atoms with E-state index in [4.69, 9.17) is 9.73 Å². The molecule has 124 valence electrons. The summed E-state index contributed by atoms with van der Waals surface area (Å²) < 4.78 is 5.58. The van der Waals surface area contributed by atoms with Crippen LogP contribution < -0.4 is 0 Å². The zero-order valence-electron chi connectivity index (χ0n) is 14.5. The van der Waals surface area contributed by atoms with E-state index in [9.17, 15) is 0 Å². The number of methoxy groups -OCH3 is 1. The first kappa shape index (κ1) is 16.7. The van der Waals surface area contributed by atoms with Crippen molar-refractivity contribution in [2.75, 3.05) is 7.11 Å². The minimum Gasteiger partial charge on any atom is -0.481 e. The van der Waals surface area contributed by atoms with Crippen LogP contribution >= 0.6 is 0 Å². The van der Waals surface area contributed by atoms with Crippen LogP contribution in [-0.4, -0.2) is 13.0 Å². The number of rotatable bonds is 4. The molecule has 3 aromatic rings. The van der Waals surface area contributed by atoms with E-state index in [0.29, 0.717) is 5.90 Å². The second-order valence-corrected chi connectivity index (χ2v) is 5.79. The molecule has 0 amide bonds. The summed E-state index contributed by atoms with van der Waals surface area (Å²) in [6, 6.07) is 28.5. The Kier molecular flexibility index (Phi) is 5.43. The molecule has 0 fully saturated rings. The summed E-state index contributed by atoms with van der Waals surface area (Å²) in [4.78, 5) is 4.82. The van der Waals surface area contributed by atoms with Gasteiger partial charge >= 0.3 is 0 Å². The van der Waals surface area contributed by atoms with Gasteiger partial charge in [-0.1, -0.05) is 78.4 Å². The Balaban J connectivity index is 2.07. The number of hydrogen-bond acceptors (Lipinski definition) is 2. The quantitative estimate of drug-likeness (QED) is 0.348. The predicted molar refractivity (Wildman–Crippen MR) is 105 cm³/mol. The highest BCUT2D eigenvalue weighted by molar-refractivity contribution is 5.99. The lowest BCUT2D eigenvalue weighted by atomic mass is 10.1. The average Bonchev–Trinajstić information content (AvgIpc) is 2.67. The van der Waals surface area contributed by atoms with Gasteiger partial charge in [-0.05, 0) is 30.7 Å². The second-order valence-electron chi connectivity index (χ2n) is 5.79. The SMILES string of the molecule is COC(=N/C(=C/c1ccccc1)c1ccccc1)c1ccc(C)cc1. The number of hydrogen-bond donors (Lipinski definition) is 0. The fourth-order valence-electron chi connectivity index (χ4n) is 2.53. The molecule has 0 aliphatic carbocycles. The molecule has 0 N–H and O–H groups in total. The normalized spacial score (nSPS) is 12.1. The molecule has 0 aromatic heterocycles. The fraction of sp³-hybridized carbons (Fsp3) is 0.0870. The summed E-state index contributed by atoms with van der Waals surface area (Å²) in [5.41, 5.74) is 5.19. The maximum atomic E-state index is 5.58. The summed E-state index contributed by atoms with van der Waals surface area (Å²) in [7, 11) is 1.66. The van der Waals surface area contributed by atoms with Crippen molar-refractivity contribution in [2.24, 2.45) is 4.99 Å². The van der Waals surface area contributed by atoms with Crippen molar-refractivity contribution in [3.63, 3.8) is 0 Å². The first-order valence-electron chi connectivity index (χ1n) is 8.28. The van der Waals surface area contributed by atoms with Crippen LogP contribution in [-0.2, 0) is 4.74 Å². The van der Waals surface area contributed by atoms with E-state index in [1.54, 1.807) is 7.11 Å². The van der Waals surface area contributed by atoms with Gasteiger partial charge in [-0.3, -0.25) is 0 Å². The molecule has 0 saturated carbocycles. The van der Waals surface area contributed by atoms with Gasteiger partial charge in [0.25, 0.3) is 0 Å². The van der Waals surface area contributed by atoms with Crippen LogP contribution in [0.1, 0.15) is 22.3 Å². The van der Waals surface area contributed by atoms with Gasteiger partial charge in [0, 0.05) is 11.1 Å². The third-order valence-electron chi connectivity index (χ3n) is 3.89. The second kappa shape index (κ2) is 8.11. The van der Waals surface area contributed by atoms with Gasteiger partial charge in [-0.2, -0.15) is 0 Å². The van der Waals surface area contributed by atoms with Gasteiger partial charge in [0.2, 0.25) is 5.90 Å². The minimum absolute atomic E-state index is 0.603. The smallest absolute Gasteiger partial charge is 0.221 e. The van der Waals surface area contributed by atoms with Crippen molar-refractivity contribution in [1.29, 1.82) is 0 Å². The Morgan fingerprint density at radius 2 is 1.36 bits per heavy atom. The van der Waals surface area contributed by atoms with Crippen molar-refractivity contribution in [3.05, 3.63) is 107 Å². The number of aliphatic imine (C=N–C) groups is 1. The van der Waals surface area contributed by atoms with E-state index >= 15 is 0 Å². The van der Waals surface area contributed by atoms with Crippen LogP contribution in [0.15, 0.2) is 89.9 Å². The molecule has 0 bridgehead atoms. The van der Waals surface area contributed by atoms with Crippen LogP contribution in [0, 0.1) is 6.92 Å². The number of ether oxygens (including phenoxy) is 1. The largest absolute Gasteiger partial charge is 0.481 e. The van der Waals surface area contributed by atoms with Crippen molar-refractivity contribution < 1.29 is 4.74 Å². The van der Waals surface area contributed by atoms with E-state index in [-0.39, 0.29) is 0 Å². The van der Waals surface area contributed by atoms with Gasteiger partial charge in [-0.25, -0.2) is 4.99 Å². The van der Waals surface area contributed by atoms with Crippen molar-refractivity contribution in [1.82, 2.24) is 0 Å². The molecule has 3 rings (SSSR count). The molecule has 0 heterocycles. The molecular weight excluding hydrogens is 306 g/mol. The topological polar surface area (TPSA) is 21.6 Å². The molecule has 0 unspecified atom stereocenters. The molecule has 0 saturated heterocycles. The summed E-state index contributed by atoms with van der Waals surface area (Å²) in [5.74, 6) is 0.603. The van der Waals surface area contributed by atoms with Gasteiger partial charge < -0.3 is 4.74 Å². The zero-order chi connectivity index (χ0) is 17.5. The molecule has 0 atom stereocenters. The molecule has 25 heavy (non-hydrogen) atoms. The van der Waals surface area contributed by atoms with E-state index in [0.717, 1.165) is 22.4 Å². The fourth-order valence-corrected chi connectivity index (χ4v) is 2.53. The van der Waals surface area contributed by atoms with Gasteiger partial charge in [0.1, 0.15) is 0 Å². The standard InChI is InChI=1S/C23H21NO/c1-18-13-15-21(16-14-18)23(25-2)24-22(20-11-7-4-8-12-20)17-19-9-5-3-6-10-19/h3-17H,1-2H3/b22-17+,24-23?. The van der Waals surface area contributed by atoms with Crippen LogP contribution in [0.5, 0.6) is 0 Å². The van der Waals surface area contributed by atoms with Crippen LogP contribution in [0.3, 0.4) is 0 Å². The van der Waals surface area contributed by atoms with Crippen LogP contribution in [0.2, 0.25) is 0 Å². The van der Waals surface area contributed by atoms with E-state index < -0.39 is 0 Å². The molecular formula is C23H21NO. The third kappa shape index (κ3) is 4.45. The molecule has 0 radical (unpaired) electrons. The first-order chi connectivity index (χ1) is 12.3. The number of aryl methyl sites for hydroxylation is 1. The van der Waals surface area contributed by atoms with Crippen molar-refractivity contribution >= 4 is 17.7 Å². The highest BCUT2D eigenvalue weighted by atomic mass is 16.5. The van der Waals surface area contributed by atoms with Gasteiger partial charge in [0.05, 0.1) is 12.8 Å². The lowest BCUT2D eigenvalue weighted by molar-refractivity contribution is 0.405.